The minimum atomic E-state index is -4.53. The van der Waals surface area contributed by atoms with E-state index in [2.05, 4.69) is 38.4 Å². The second kappa shape index (κ2) is 40.7. The van der Waals surface area contributed by atoms with Crippen molar-refractivity contribution < 1.29 is 111 Å². The normalized spacial score (nSPS) is 15.2. The zero-order chi connectivity index (χ0) is 94.0. The average molecular weight is 1830 g/mol. The van der Waals surface area contributed by atoms with E-state index in [0.29, 0.717) is 59.7 Å². The average Bonchev–Trinajstić information content (AvgIpc) is 1.68. The second-order valence-corrected chi connectivity index (χ2v) is 31.7. The summed E-state index contributed by atoms with van der Waals surface area (Å²) in [6.07, 6.45) is 2.21. The van der Waals surface area contributed by atoms with Crippen molar-refractivity contribution in [2.24, 2.45) is 0 Å². The highest BCUT2D eigenvalue weighted by molar-refractivity contribution is 7.21. The van der Waals surface area contributed by atoms with Gasteiger partial charge in [0.1, 0.15) is 36.5 Å². The first-order valence-electron chi connectivity index (χ1n) is 43.4. The molecule has 1 aromatic heterocycles. The Bertz CT molecular complexity index is 5980. The van der Waals surface area contributed by atoms with Crippen molar-refractivity contribution in [2.75, 3.05) is 108 Å². The van der Waals surface area contributed by atoms with E-state index in [1.54, 1.807) is 97.1 Å². The molecule has 0 fully saturated rings. The van der Waals surface area contributed by atoms with E-state index >= 15 is 0 Å². The second-order valence-electron chi connectivity index (χ2n) is 30.7. The lowest BCUT2D eigenvalue weighted by molar-refractivity contribution is -0.344. The van der Waals surface area contributed by atoms with Crippen LogP contribution in [0.15, 0.2) is 206 Å². The molecule has 0 amide bonds. The Hall–Kier alpha value is -12.5. The molecule has 0 bridgehead atoms. The lowest BCUT2D eigenvalue weighted by Crippen LogP contribution is -2.46. The summed E-state index contributed by atoms with van der Waals surface area (Å²) in [5.41, 5.74) is 9.31. The van der Waals surface area contributed by atoms with Crippen LogP contribution >= 0.6 is 11.3 Å². The minimum absolute atomic E-state index is 0.0440. The zero-order valence-corrected chi connectivity index (χ0v) is 75.2. The molecular weight excluding hydrogens is 1720 g/mol. The van der Waals surface area contributed by atoms with Gasteiger partial charge in [-0.3, -0.25) is 0 Å². The van der Waals surface area contributed by atoms with Crippen molar-refractivity contribution in [1.82, 2.24) is 4.98 Å². The predicted octanol–water partition coefficient (Wildman–Crippen LogP) is 23.4. The van der Waals surface area contributed by atoms with Crippen LogP contribution < -0.4 is 52.7 Å². The maximum absolute atomic E-state index is 14.8. The topological polar surface area (TPSA) is 93.5 Å². The number of aryl methyl sites for hydroxylation is 1. The smallest absolute Gasteiger partial charge is 0.622 e. The Balaban J connectivity index is 0.000000147. The largest absolute Gasteiger partial charge is 0.834 e. The molecule has 0 N–H and O–H groups in total. The number of halogens is 15. The lowest BCUT2D eigenvalue weighted by Gasteiger charge is -2.31. The highest BCUT2D eigenvalue weighted by atomic mass is 32.1. The molecule has 686 valence electrons. The number of para-hydroxylation sites is 1. The Morgan fingerprint density at radius 1 is 0.300 bits per heavy atom. The number of thiazole rings is 1. The van der Waals surface area contributed by atoms with Gasteiger partial charge in [0.25, 0.3) is 0 Å². The zero-order valence-electron chi connectivity index (χ0n) is 74.4. The monoisotopic (exact) mass is 1830 g/mol. The van der Waals surface area contributed by atoms with Crippen LogP contribution in [0.25, 0.3) is 10.2 Å². The van der Waals surface area contributed by atoms with E-state index in [-0.39, 0.29) is 45.3 Å². The molecule has 11 aromatic rings. The number of anilines is 6. The maximum Gasteiger partial charge on any atom is 0.834 e. The summed E-state index contributed by atoms with van der Waals surface area (Å²) in [6.45, 7) is 35.7. The molecule has 5 aliphatic heterocycles. The van der Waals surface area contributed by atoms with Gasteiger partial charge in [0.15, 0.2) is 28.3 Å². The summed E-state index contributed by atoms with van der Waals surface area (Å²) >= 11 is 1.24. The van der Waals surface area contributed by atoms with E-state index in [9.17, 15) is 65.1 Å². The van der Waals surface area contributed by atoms with Crippen LogP contribution in [0.5, 0.6) is 28.7 Å². The molecule has 0 unspecified atom stereocenters. The molecular formula is C92H102B5F15N12O5S. The fraction of sp³-hybridized carbons (Fsp3) is 0.283. The Kier molecular flexibility index (Phi) is 30.2. The van der Waals surface area contributed by atoms with Crippen molar-refractivity contribution in [3.63, 3.8) is 0 Å². The van der Waals surface area contributed by atoms with Crippen molar-refractivity contribution >= 4 is 150 Å². The van der Waals surface area contributed by atoms with Crippen LogP contribution in [-0.2, 0) is 6.18 Å². The van der Waals surface area contributed by atoms with Gasteiger partial charge in [-0.25, -0.2) is 8.78 Å². The molecule has 0 saturated heterocycles. The quantitative estimate of drug-likeness (QED) is 0.0451. The van der Waals surface area contributed by atoms with E-state index in [4.69, 9.17) is 23.3 Å². The first-order valence-corrected chi connectivity index (χ1v) is 44.2. The Morgan fingerprint density at radius 3 is 0.877 bits per heavy atom. The highest BCUT2D eigenvalue weighted by Gasteiger charge is 2.54. The minimum Gasteiger partial charge on any atom is -0.622 e. The van der Waals surface area contributed by atoms with Gasteiger partial charge in [-0.1, -0.05) is 24.3 Å². The molecule has 10 aromatic carbocycles. The number of rotatable bonds is 23. The fourth-order valence-corrected chi connectivity index (χ4v) is 16.7. The Labute approximate surface area is 751 Å². The number of alkyl halides is 3. The molecule has 5 aliphatic rings. The van der Waals surface area contributed by atoms with Gasteiger partial charge in [-0.2, -0.15) is 13.2 Å². The molecule has 0 radical (unpaired) electrons. The number of nitrogens with zero attached hydrogens (tertiary/aromatic N) is 12. The van der Waals surface area contributed by atoms with Crippen molar-refractivity contribution in [3.05, 3.63) is 257 Å². The van der Waals surface area contributed by atoms with Crippen LogP contribution in [0.3, 0.4) is 0 Å². The summed E-state index contributed by atoms with van der Waals surface area (Å²) < 4.78 is 241. The van der Waals surface area contributed by atoms with Crippen molar-refractivity contribution in [2.45, 2.75) is 96.2 Å². The molecule has 130 heavy (non-hydrogen) atoms. The van der Waals surface area contributed by atoms with Gasteiger partial charge in [0, 0.05) is 197 Å². The van der Waals surface area contributed by atoms with Crippen LogP contribution in [0.4, 0.5) is 127 Å². The van der Waals surface area contributed by atoms with Gasteiger partial charge in [0.05, 0.1) is 67.5 Å². The Morgan fingerprint density at radius 2 is 0.569 bits per heavy atom. The molecule has 0 saturated carbocycles. The van der Waals surface area contributed by atoms with Crippen LogP contribution in [0, 0.1) is 18.6 Å². The summed E-state index contributed by atoms with van der Waals surface area (Å²) in [4.78, 5) is 16.8. The molecule has 0 atom stereocenters. The van der Waals surface area contributed by atoms with Crippen molar-refractivity contribution in [1.29, 1.82) is 0 Å². The van der Waals surface area contributed by atoms with Gasteiger partial charge >= 0.3 is 46.5 Å². The van der Waals surface area contributed by atoms with Crippen LogP contribution in [0.2, 0.25) is 0 Å². The van der Waals surface area contributed by atoms with Gasteiger partial charge < -0.3 is 118 Å². The fourth-order valence-electron chi connectivity index (χ4n) is 15.7. The van der Waals surface area contributed by atoms with E-state index in [1.165, 1.54) is 36.2 Å². The number of hydrogen-bond donors (Lipinski definition) is 0. The van der Waals surface area contributed by atoms with E-state index in [1.807, 2.05) is 153 Å². The number of aromatic nitrogens is 1. The third-order valence-electron chi connectivity index (χ3n) is 22.7. The summed E-state index contributed by atoms with van der Waals surface area (Å²) in [7, 11) is -21.6. The third-order valence-corrected chi connectivity index (χ3v) is 23.7. The lowest BCUT2D eigenvalue weighted by atomic mass is 9.97. The number of benzene rings is 10. The third kappa shape index (κ3) is 22.0. The number of hydrogen-bond acceptors (Lipinski definition) is 13. The van der Waals surface area contributed by atoms with E-state index in [0.717, 1.165) is 179 Å². The first-order chi connectivity index (χ1) is 61.9. The summed E-state index contributed by atoms with van der Waals surface area (Å²) in [5.74, 6) is -1.11. The molecule has 38 heteroatoms. The van der Waals surface area contributed by atoms with Crippen LogP contribution in [0.1, 0.15) is 122 Å². The number of fused-ring (bicyclic) bond motifs is 6. The van der Waals surface area contributed by atoms with Gasteiger partial charge in [-0.15, -0.1) is 0 Å². The standard InChI is InChI=1S/C21H28BF2N3O.C19H20BF2N3OS.C18H18BF5N2O.C17H17BF4N2O.C17H19BF2N2O/c1-5-25(6-2)18-11-13-19(14-12-18)27-16-17-9-10-20(26(7-3)8-4)15-21(17)28-22(27,23)24;1-4-24(5-2)15-8-7-14-12-25(20(21,22)26-17(14)11-15)19-23-16-9-6-13(3)10-18(16)27-19;1-3-25(4-2)16-8-5-13-12-26(19(23,24)27-17(13)11-16)15-9-6-14(7-10-15)18(20,21)22;1-3-23(4-2)15-6-5-12-11-24(18(21,22)25-17(12)10-15)16-8-13(19)7-14(20)9-16;1-3-21(4-2)16-11-10-14-13-22(15-8-6-5-7-9-15)18(19,20)23-17(14)12-16/h9-16H,5-8H2,1-4H3;6-12H,4-5H2,1-3H3;5-12H,3-4H2,1-2H3;5-11H,3-4H2,1-2H3;5-13H,3-4H2,1-2H3. The molecule has 17 nitrogen and oxygen atoms in total. The summed E-state index contributed by atoms with van der Waals surface area (Å²) in [5, 5.41) is 0.235. The molecule has 0 aliphatic carbocycles. The predicted molar refractivity (Wildman–Crippen MR) is 497 cm³/mol. The van der Waals surface area contributed by atoms with Gasteiger partial charge in [-0.05, 0) is 215 Å². The first kappa shape index (κ1) is 96.6. The molecule has 0 spiro atoms. The summed E-state index contributed by atoms with van der Waals surface area (Å²) in [6, 6.07) is 53.7. The van der Waals surface area contributed by atoms with E-state index < -0.39 is 58.6 Å². The maximum atomic E-state index is 14.8. The van der Waals surface area contributed by atoms with Crippen LogP contribution in [-0.4, -0.2) is 172 Å². The van der Waals surface area contributed by atoms with Crippen molar-refractivity contribution in [3.8, 4) is 28.7 Å². The molecule has 16 rings (SSSR count). The molecule has 6 heterocycles. The SMILES string of the molecule is CCN(CC)c1ccc([N+]2=Cc3ccc(N(CC)CC)cc3O[B-]2(F)F)cc1.CCN(CC)c1ccc2c(c1)O[B-](F)(F)[N+](c1cc(F)cc(F)c1)=C2.CCN(CC)c1ccc2c(c1)O[B-](F)(F)[N+](c1ccc(C(F)(F)F)cc1)=C2.CCN(CC)c1ccc2c(c1)O[B-](F)(F)[N+](c1ccccc1)=C2.CCN(CC)c1ccc2c(c1)O[B-](F)(F)[N+](c1nc3ccc(C)cc3s1)=C2. The van der Waals surface area contributed by atoms with Gasteiger partial charge in [0.2, 0.25) is 0 Å². The highest BCUT2D eigenvalue weighted by Crippen LogP contribution is 2.43.